The lowest BCUT2D eigenvalue weighted by atomic mass is 9.87. The molecule has 0 aromatic heterocycles. The first-order chi connectivity index (χ1) is 14.5. The molecule has 30 heavy (non-hydrogen) atoms. The van der Waals surface area contributed by atoms with Crippen LogP contribution in [-0.2, 0) is 20.7 Å². The van der Waals surface area contributed by atoms with Gasteiger partial charge in [0, 0.05) is 18.7 Å². The summed E-state index contributed by atoms with van der Waals surface area (Å²) in [6, 6.07) is 14.8. The fourth-order valence-electron chi connectivity index (χ4n) is 4.17. The highest BCUT2D eigenvalue weighted by Crippen LogP contribution is 2.29. The van der Waals surface area contributed by atoms with E-state index >= 15 is 0 Å². The molecule has 0 radical (unpaired) electrons. The minimum absolute atomic E-state index is 0.0547. The van der Waals surface area contributed by atoms with E-state index in [1.54, 1.807) is 36.1 Å². The Morgan fingerprint density at radius 1 is 1.07 bits per heavy atom. The highest BCUT2D eigenvalue weighted by molar-refractivity contribution is 5.96. The highest BCUT2D eigenvalue weighted by Gasteiger charge is 2.26. The number of aryl methyl sites for hydroxylation is 1. The molecule has 6 nitrogen and oxygen atoms in total. The summed E-state index contributed by atoms with van der Waals surface area (Å²) in [4.78, 5) is 38.6. The smallest absolute Gasteiger partial charge is 0.338 e. The molecule has 0 bridgehead atoms. The second-order valence-corrected chi connectivity index (χ2v) is 7.90. The third-order valence-corrected chi connectivity index (χ3v) is 5.83. The monoisotopic (exact) mass is 406 g/mol. The Morgan fingerprint density at radius 3 is 2.57 bits per heavy atom. The molecule has 156 valence electrons. The van der Waals surface area contributed by atoms with Crippen molar-refractivity contribution in [3.05, 3.63) is 65.2 Å². The third kappa shape index (κ3) is 4.22. The predicted octanol–water partition coefficient (Wildman–Crippen LogP) is 3.55. The minimum Gasteiger partial charge on any atom is -0.449 e. The fraction of sp³-hybridized carbons (Fsp3) is 0.375. The second kappa shape index (κ2) is 8.69. The van der Waals surface area contributed by atoms with Crippen LogP contribution in [0.5, 0.6) is 0 Å². The van der Waals surface area contributed by atoms with E-state index < -0.39 is 12.1 Å². The normalized spacial score (nSPS) is 19.2. The van der Waals surface area contributed by atoms with Crippen LogP contribution < -0.4 is 10.2 Å². The number of hydrogen-bond donors (Lipinski definition) is 1. The zero-order valence-electron chi connectivity index (χ0n) is 17.1. The molecule has 1 aliphatic heterocycles. The number of nitrogens with zero attached hydrogens (tertiary/aromatic N) is 1. The van der Waals surface area contributed by atoms with Gasteiger partial charge in [0.25, 0.3) is 5.91 Å². The molecule has 2 aromatic rings. The van der Waals surface area contributed by atoms with E-state index in [0.717, 1.165) is 36.9 Å². The Hall–Kier alpha value is -3.15. The number of carbonyl (C=O) groups excluding carboxylic acids is 3. The SMILES string of the molecule is C[C@H](OC(=O)c1ccc(N2CCCC2=O)cc1)C(=O)N[C@@H]1CCCc2ccccc21. The van der Waals surface area contributed by atoms with Crippen LogP contribution in [0.3, 0.4) is 0 Å². The van der Waals surface area contributed by atoms with Crippen LogP contribution in [0.4, 0.5) is 5.69 Å². The van der Waals surface area contributed by atoms with Crippen molar-refractivity contribution in [2.45, 2.75) is 51.2 Å². The summed E-state index contributed by atoms with van der Waals surface area (Å²) in [5.74, 6) is -0.759. The quantitative estimate of drug-likeness (QED) is 0.771. The van der Waals surface area contributed by atoms with Gasteiger partial charge in [-0.15, -0.1) is 0 Å². The van der Waals surface area contributed by atoms with Gasteiger partial charge >= 0.3 is 5.97 Å². The molecule has 0 unspecified atom stereocenters. The topological polar surface area (TPSA) is 75.7 Å². The molecule has 2 aromatic carbocycles. The Kier molecular flexibility index (Phi) is 5.84. The van der Waals surface area contributed by atoms with Crippen LogP contribution in [0.1, 0.15) is 60.1 Å². The summed E-state index contributed by atoms with van der Waals surface area (Å²) in [5.41, 5.74) is 3.53. The van der Waals surface area contributed by atoms with Gasteiger partial charge in [-0.05, 0) is 68.0 Å². The zero-order chi connectivity index (χ0) is 21.1. The number of benzene rings is 2. The van der Waals surface area contributed by atoms with Crippen molar-refractivity contribution in [1.29, 1.82) is 0 Å². The van der Waals surface area contributed by atoms with Gasteiger partial charge < -0.3 is 15.0 Å². The first kappa shape index (κ1) is 20.1. The molecule has 1 fully saturated rings. The lowest BCUT2D eigenvalue weighted by Crippen LogP contribution is -2.39. The largest absolute Gasteiger partial charge is 0.449 e. The molecular weight excluding hydrogens is 380 g/mol. The molecule has 2 atom stereocenters. The predicted molar refractivity (Wildman–Crippen MR) is 113 cm³/mol. The van der Waals surface area contributed by atoms with Crippen molar-refractivity contribution in [1.82, 2.24) is 5.32 Å². The van der Waals surface area contributed by atoms with E-state index in [0.29, 0.717) is 18.5 Å². The number of carbonyl (C=O) groups is 3. The van der Waals surface area contributed by atoms with E-state index in [1.165, 1.54) is 5.56 Å². The molecule has 1 saturated heterocycles. The zero-order valence-corrected chi connectivity index (χ0v) is 17.1. The summed E-state index contributed by atoms with van der Waals surface area (Å²) >= 11 is 0. The first-order valence-electron chi connectivity index (χ1n) is 10.5. The van der Waals surface area contributed by atoms with Gasteiger partial charge in [-0.3, -0.25) is 9.59 Å². The number of hydrogen-bond acceptors (Lipinski definition) is 4. The van der Waals surface area contributed by atoms with Crippen LogP contribution in [0, 0.1) is 0 Å². The number of anilines is 1. The molecule has 6 heteroatoms. The average molecular weight is 406 g/mol. The number of ether oxygens (including phenoxy) is 1. The summed E-state index contributed by atoms with van der Waals surface area (Å²) in [6.45, 7) is 2.28. The molecule has 1 N–H and O–H groups in total. The van der Waals surface area contributed by atoms with Crippen molar-refractivity contribution < 1.29 is 19.1 Å². The van der Waals surface area contributed by atoms with E-state index in [4.69, 9.17) is 4.74 Å². The Bertz CT molecular complexity index is 954. The molecule has 2 aliphatic rings. The summed E-state index contributed by atoms with van der Waals surface area (Å²) in [7, 11) is 0. The van der Waals surface area contributed by atoms with Crippen molar-refractivity contribution in [2.24, 2.45) is 0 Å². The van der Waals surface area contributed by atoms with Crippen LogP contribution in [0.15, 0.2) is 48.5 Å². The molecule has 2 amide bonds. The van der Waals surface area contributed by atoms with Gasteiger partial charge in [0.2, 0.25) is 5.91 Å². The number of fused-ring (bicyclic) bond motifs is 1. The van der Waals surface area contributed by atoms with Crippen molar-refractivity contribution in [2.75, 3.05) is 11.4 Å². The maximum Gasteiger partial charge on any atom is 0.338 e. The number of rotatable bonds is 5. The van der Waals surface area contributed by atoms with Crippen molar-refractivity contribution in [3.8, 4) is 0 Å². The van der Waals surface area contributed by atoms with E-state index in [9.17, 15) is 14.4 Å². The van der Waals surface area contributed by atoms with Gasteiger partial charge in [0.05, 0.1) is 11.6 Å². The molecule has 0 spiro atoms. The molecule has 4 rings (SSSR count). The van der Waals surface area contributed by atoms with Gasteiger partial charge in [-0.1, -0.05) is 24.3 Å². The summed E-state index contributed by atoms with van der Waals surface area (Å²) in [6.07, 6.45) is 3.42. The first-order valence-corrected chi connectivity index (χ1v) is 10.5. The molecule has 1 aliphatic carbocycles. The van der Waals surface area contributed by atoms with Crippen molar-refractivity contribution >= 4 is 23.5 Å². The van der Waals surface area contributed by atoms with E-state index in [2.05, 4.69) is 11.4 Å². The van der Waals surface area contributed by atoms with Gasteiger partial charge in [-0.25, -0.2) is 4.79 Å². The standard InChI is InChI=1S/C24H26N2O4/c1-16(23(28)25-21-9-4-7-17-6-2-3-8-20(17)21)30-24(29)18-11-13-19(14-12-18)26-15-5-10-22(26)27/h2-3,6,8,11-14,16,21H,4-5,7,9-10,15H2,1H3,(H,25,28)/t16-,21+/m0/s1. The van der Waals surface area contributed by atoms with Gasteiger partial charge in [0.1, 0.15) is 0 Å². The van der Waals surface area contributed by atoms with Crippen molar-refractivity contribution in [3.63, 3.8) is 0 Å². The third-order valence-electron chi connectivity index (χ3n) is 5.83. The number of nitrogens with one attached hydrogen (secondary N) is 1. The fourth-order valence-corrected chi connectivity index (χ4v) is 4.17. The Balaban J connectivity index is 1.35. The van der Waals surface area contributed by atoms with Gasteiger partial charge in [-0.2, -0.15) is 0 Å². The Labute approximate surface area is 176 Å². The van der Waals surface area contributed by atoms with Gasteiger partial charge in [0.15, 0.2) is 6.10 Å². The highest BCUT2D eigenvalue weighted by atomic mass is 16.5. The minimum atomic E-state index is -0.897. The summed E-state index contributed by atoms with van der Waals surface area (Å²) < 4.78 is 5.38. The Morgan fingerprint density at radius 2 is 1.83 bits per heavy atom. The molecular formula is C24H26N2O4. The maximum absolute atomic E-state index is 12.6. The number of esters is 1. The van der Waals surface area contributed by atoms with Crippen LogP contribution in [0.25, 0.3) is 0 Å². The van der Waals surface area contributed by atoms with E-state index in [1.807, 2.05) is 18.2 Å². The average Bonchev–Trinajstić information content (AvgIpc) is 3.20. The lowest BCUT2D eigenvalue weighted by Gasteiger charge is -2.27. The van der Waals surface area contributed by atoms with Crippen LogP contribution >= 0.6 is 0 Å². The van der Waals surface area contributed by atoms with Crippen LogP contribution in [-0.4, -0.2) is 30.4 Å². The lowest BCUT2D eigenvalue weighted by molar-refractivity contribution is -0.130. The van der Waals surface area contributed by atoms with Crippen LogP contribution in [0.2, 0.25) is 0 Å². The molecule has 1 heterocycles. The number of amides is 2. The summed E-state index contributed by atoms with van der Waals surface area (Å²) in [5, 5.41) is 3.02. The second-order valence-electron chi connectivity index (χ2n) is 7.90. The maximum atomic E-state index is 12.6. The van der Waals surface area contributed by atoms with E-state index in [-0.39, 0.29) is 17.9 Å². The molecule has 0 saturated carbocycles.